The van der Waals surface area contributed by atoms with Crippen molar-refractivity contribution in [3.05, 3.63) is 95.5 Å². The van der Waals surface area contributed by atoms with Crippen molar-refractivity contribution in [1.29, 1.82) is 0 Å². The number of hydrogen-bond acceptors (Lipinski definition) is 4. The zero-order valence-electron chi connectivity index (χ0n) is 15.5. The number of anilines is 1. The summed E-state index contributed by atoms with van der Waals surface area (Å²) in [6.07, 6.45) is 3.81. The third-order valence-electron chi connectivity index (χ3n) is 4.11. The van der Waals surface area contributed by atoms with Gasteiger partial charge in [-0.3, -0.25) is 4.79 Å². The third-order valence-corrected chi connectivity index (χ3v) is 4.36. The highest BCUT2D eigenvalue weighted by atomic mass is 35.5. The van der Waals surface area contributed by atoms with Crippen LogP contribution in [0.5, 0.6) is 11.6 Å². The summed E-state index contributed by atoms with van der Waals surface area (Å²) in [6.45, 7) is 1.81. The summed E-state index contributed by atoms with van der Waals surface area (Å²) in [6, 6.07) is 19.4. The van der Waals surface area contributed by atoms with E-state index in [9.17, 15) is 4.79 Å². The Labute approximate surface area is 172 Å². The Morgan fingerprint density at radius 2 is 1.69 bits per heavy atom. The van der Waals surface area contributed by atoms with Crippen LogP contribution in [0.15, 0.2) is 79.1 Å². The summed E-state index contributed by atoms with van der Waals surface area (Å²) in [5.41, 5.74) is 1.19. The predicted molar refractivity (Wildman–Crippen MR) is 112 cm³/mol. The van der Waals surface area contributed by atoms with Crippen LogP contribution < -0.4 is 10.1 Å². The number of aromatic nitrogens is 3. The van der Waals surface area contributed by atoms with Gasteiger partial charge in [-0.05, 0) is 67.6 Å². The summed E-state index contributed by atoms with van der Waals surface area (Å²) in [5.74, 6) is 2.17. The lowest BCUT2D eigenvalue weighted by molar-refractivity contribution is 0.102. The molecule has 0 bridgehead atoms. The molecule has 0 aliphatic carbocycles. The third kappa shape index (κ3) is 4.62. The maximum absolute atomic E-state index is 12.3. The van der Waals surface area contributed by atoms with Crippen LogP contribution in [0.25, 0.3) is 5.82 Å². The van der Waals surface area contributed by atoms with E-state index in [-0.39, 0.29) is 5.91 Å². The minimum Gasteiger partial charge on any atom is -0.439 e. The van der Waals surface area contributed by atoms with Crippen molar-refractivity contribution in [3.8, 4) is 17.4 Å². The first-order valence-electron chi connectivity index (χ1n) is 8.91. The van der Waals surface area contributed by atoms with E-state index in [0.29, 0.717) is 33.7 Å². The molecule has 29 heavy (non-hydrogen) atoms. The van der Waals surface area contributed by atoms with Crippen molar-refractivity contribution in [2.24, 2.45) is 0 Å². The zero-order valence-corrected chi connectivity index (χ0v) is 16.3. The van der Waals surface area contributed by atoms with Gasteiger partial charge in [0.05, 0.1) is 0 Å². The van der Waals surface area contributed by atoms with Gasteiger partial charge in [0.15, 0.2) is 0 Å². The Hall–Kier alpha value is -3.64. The molecule has 0 fully saturated rings. The number of carbonyl (C=O) groups is 1. The topological polar surface area (TPSA) is 69.0 Å². The van der Waals surface area contributed by atoms with E-state index in [1.54, 1.807) is 54.6 Å². The maximum atomic E-state index is 12.3. The first kappa shape index (κ1) is 18.7. The van der Waals surface area contributed by atoms with Crippen LogP contribution in [0.1, 0.15) is 16.2 Å². The molecule has 0 atom stereocenters. The number of carbonyl (C=O) groups excluding carboxylic acids is 1. The molecule has 0 aliphatic heterocycles. The van der Waals surface area contributed by atoms with Gasteiger partial charge in [-0.25, -0.2) is 4.98 Å². The van der Waals surface area contributed by atoms with Gasteiger partial charge in [-0.2, -0.15) is 4.98 Å². The van der Waals surface area contributed by atoms with Crippen molar-refractivity contribution in [2.45, 2.75) is 6.92 Å². The molecule has 4 rings (SSSR count). The molecular weight excluding hydrogens is 388 g/mol. The number of aryl methyl sites for hydroxylation is 1. The summed E-state index contributed by atoms with van der Waals surface area (Å²) >= 11 is 5.85. The van der Waals surface area contributed by atoms with E-state index in [2.05, 4.69) is 15.3 Å². The molecule has 2 heterocycles. The number of amides is 1. The standard InChI is InChI=1S/C22H17ClN4O2/c1-15-24-20(27-12-2-3-13-27)14-21(25-15)29-19-10-8-18(9-11-19)26-22(28)16-4-6-17(23)7-5-16/h2-14H,1H3,(H,26,28). The Balaban J connectivity index is 1.46. The molecule has 0 radical (unpaired) electrons. The largest absolute Gasteiger partial charge is 0.439 e. The molecule has 144 valence electrons. The highest BCUT2D eigenvalue weighted by Crippen LogP contribution is 2.23. The molecule has 0 saturated heterocycles. The predicted octanol–water partition coefficient (Wildman–Crippen LogP) is 5.27. The van der Waals surface area contributed by atoms with Crippen molar-refractivity contribution < 1.29 is 9.53 Å². The van der Waals surface area contributed by atoms with Crippen molar-refractivity contribution in [1.82, 2.24) is 14.5 Å². The summed E-state index contributed by atoms with van der Waals surface area (Å²) in [4.78, 5) is 21.0. The number of nitrogens with one attached hydrogen (secondary N) is 1. The first-order valence-corrected chi connectivity index (χ1v) is 9.28. The van der Waals surface area contributed by atoms with Gasteiger partial charge in [0.2, 0.25) is 5.88 Å². The highest BCUT2D eigenvalue weighted by molar-refractivity contribution is 6.30. The lowest BCUT2D eigenvalue weighted by atomic mass is 10.2. The number of halogens is 1. The quantitative estimate of drug-likeness (QED) is 0.491. The molecule has 7 heteroatoms. The van der Waals surface area contributed by atoms with Gasteiger partial charge in [0.1, 0.15) is 17.4 Å². The lowest BCUT2D eigenvalue weighted by Crippen LogP contribution is -2.11. The summed E-state index contributed by atoms with van der Waals surface area (Å²) < 4.78 is 7.75. The fourth-order valence-corrected chi connectivity index (χ4v) is 2.85. The second kappa shape index (κ2) is 8.16. The molecule has 1 N–H and O–H groups in total. The summed E-state index contributed by atoms with van der Waals surface area (Å²) in [7, 11) is 0. The van der Waals surface area contributed by atoms with Gasteiger partial charge < -0.3 is 14.6 Å². The second-order valence-electron chi connectivity index (χ2n) is 6.29. The molecular formula is C22H17ClN4O2. The van der Waals surface area contributed by atoms with Gasteiger partial charge in [0, 0.05) is 34.7 Å². The SMILES string of the molecule is Cc1nc(Oc2ccc(NC(=O)c3ccc(Cl)cc3)cc2)cc(-n2cccc2)n1. The fourth-order valence-electron chi connectivity index (χ4n) is 2.73. The van der Waals surface area contributed by atoms with E-state index >= 15 is 0 Å². The van der Waals surface area contributed by atoms with Gasteiger partial charge in [-0.15, -0.1) is 0 Å². The average Bonchev–Trinajstić information content (AvgIpc) is 3.24. The Morgan fingerprint density at radius 3 is 2.38 bits per heavy atom. The zero-order chi connectivity index (χ0) is 20.2. The molecule has 2 aromatic heterocycles. The molecule has 0 aliphatic rings. The fraction of sp³-hybridized carbons (Fsp3) is 0.0455. The van der Waals surface area contributed by atoms with Crippen molar-refractivity contribution >= 4 is 23.2 Å². The van der Waals surface area contributed by atoms with Crippen LogP contribution in [0.2, 0.25) is 5.02 Å². The lowest BCUT2D eigenvalue weighted by Gasteiger charge is -2.10. The van der Waals surface area contributed by atoms with E-state index in [1.165, 1.54) is 0 Å². The minimum atomic E-state index is -0.210. The second-order valence-corrected chi connectivity index (χ2v) is 6.73. The van der Waals surface area contributed by atoms with Crippen LogP contribution >= 0.6 is 11.6 Å². The van der Waals surface area contributed by atoms with Gasteiger partial charge in [0.25, 0.3) is 5.91 Å². The minimum absolute atomic E-state index is 0.210. The Morgan fingerprint density at radius 1 is 1.00 bits per heavy atom. The molecule has 0 unspecified atom stereocenters. The maximum Gasteiger partial charge on any atom is 0.255 e. The van der Waals surface area contributed by atoms with Crippen LogP contribution in [-0.2, 0) is 0 Å². The van der Waals surface area contributed by atoms with Gasteiger partial charge in [-0.1, -0.05) is 11.6 Å². The Bertz CT molecular complexity index is 1120. The monoisotopic (exact) mass is 404 g/mol. The normalized spacial score (nSPS) is 10.6. The van der Waals surface area contributed by atoms with Gasteiger partial charge >= 0.3 is 0 Å². The van der Waals surface area contributed by atoms with E-state index < -0.39 is 0 Å². The van der Waals surface area contributed by atoms with Crippen molar-refractivity contribution in [3.63, 3.8) is 0 Å². The van der Waals surface area contributed by atoms with E-state index in [1.807, 2.05) is 36.0 Å². The average molecular weight is 405 g/mol. The number of ether oxygens (including phenoxy) is 1. The van der Waals surface area contributed by atoms with Crippen LogP contribution in [0, 0.1) is 6.92 Å². The van der Waals surface area contributed by atoms with Crippen molar-refractivity contribution in [2.75, 3.05) is 5.32 Å². The molecule has 0 spiro atoms. The molecule has 4 aromatic rings. The van der Waals surface area contributed by atoms with E-state index in [4.69, 9.17) is 16.3 Å². The van der Waals surface area contributed by atoms with E-state index in [0.717, 1.165) is 5.82 Å². The smallest absolute Gasteiger partial charge is 0.255 e. The molecule has 1 amide bonds. The molecule has 0 saturated carbocycles. The molecule has 2 aromatic carbocycles. The van der Waals surface area contributed by atoms with Crippen LogP contribution in [0.3, 0.4) is 0 Å². The van der Waals surface area contributed by atoms with Crippen LogP contribution in [-0.4, -0.2) is 20.4 Å². The Kier molecular flexibility index (Phi) is 5.27. The number of hydrogen-bond donors (Lipinski definition) is 1. The first-order chi connectivity index (χ1) is 14.1. The summed E-state index contributed by atoms with van der Waals surface area (Å²) in [5, 5.41) is 3.43. The number of nitrogens with zero attached hydrogens (tertiary/aromatic N) is 3. The number of benzene rings is 2. The highest BCUT2D eigenvalue weighted by Gasteiger charge is 2.08. The number of rotatable bonds is 5. The van der Waals surface area contributed by atoms with Crippen LogP contribution in [0.4, 0.5) is 5.69 Å². The molecule has 6 nitrogen and oxygen atoms in total.